The van der Waals surface area contributed by atoms with Crippen molar-refractivity contribution in [2.45, 2.75) is 38.3 Å². The van der Waals surface area contributed by atoms with Crippen LogP contribution in [0.25, 0.3) is 0 Å². The lowest BCUT2D eigenvalue weighted by Crippen LogP contribution is -2.48. The van der Waals surface area contributed by atoms with Crippen molar-refractivity contribution in [2.75, 3.05) is 26.2 Å². The number of piperidine rings is 2. The van der Waals surface area contributed by atoms with Crippen LogP contribution in [0, 0.1) is 17.6 Å². The van der Waals surface area contributed by atoms with Crippen LogP contribution in [0.4, 0.5) is 8.78 Å². The third-order valence-corrected chi connectivity index (χ3v) is 4.99. The molecule has 0 saturated carbocycles. The van der Waals surface area contributed by atoms with Gasteiger partial charge >= 0.3 is 0 Å². The highest BCUT2D eigenvalue weighted by atomic mass is 19.2. The van der Waals surface area contributed by atoms with E-state index in [1.807, 2.05) is 0 Å². The molecule has 1 aromatic rings. The first-order valence-electron chi connectivity index (χ1n) is 8.79. The zero-order valence-electron chi connectivity index (χ0n) is 13.9. The number of likely N-dealkylation sites (tertiary alicyclic amines) is 1. The quantitative estimate of drug-likeness (QED) is 0.884. The average molecular weight is 337 g/mol. The molecule has 1 aromatic carbocycles. The molecule has 1 atom stereocenters. The highest BCUT2D eigenvalue weighted by Crippen LogP contribution is 2.17. The lowest BCUT2D eigenvalue weighted by molar-refractivity contribution is -0.126. The van der Waals surface area contributed by atoms with E-state index in [4.69, 9.17) is 0 Å². The van der Waals surface area contributed by atoms with Crippen LogP contribution < -0.4 is 10.6 Å². The minimum atomic E-state index is -0.808. The smallest absolute Gasteiger partial charge is 0.224 e. The number of carbonyl (C=O) groups excluding carboxylic acids is 1. The van der Waals surface area contributed by atoms with Crippen LogP contribution in [-0.4, -0.2) is 43.0 Å². The molecule has 0 radical (unpaired) electrons. The fraction of sp³-hybridized carbons (Fsp3) is 0.611. The van der Waals surface area contributed by atoms with Crippen LogP contribution in [0.3, 0.4) is 0 Å². The molecule has 0 spiro atoms. The lowest BCUT2D eigenvalue weighted by Gasteiger charge is -2.33. The van der Waals surface area contributed by atoms with Gasteiger partial charge in [-0.1, -0.05) is 6.07 Å². The first-order valence-corrected chi connectivity index (χ1v) is 8.79. The Morgan fingerprint density at radius 1 is 1.21 bits per heavy atom. The number of halogens is 2. The molecule has 2 heterocycles. The molecule has 1 amide bonds. The van der Waals surface area contributed by atoms with Crippen molar-refractivity contribution >= 4 is 5.91 Å². The van der Waals surface area contributed by atoms with Crippen molar-refractivity contribution in [3.05, 3.63) is 35.4 Å². The van der Waals surface area contributed by atoms with Gasteiger partial charge in [-0.05, 0) is 49.9 Å². The topological polar surface area (TPSA) is 44.4 Å². The molecule has 2 fully saturated rings. The van der Waals surface area contributed by atoms with Gasteiger partial charge in [0.05, 0.1) is 5.92 Å². The summed E-state index contributed by atoms with van der Waals surface area (Å²) in [6, 6.07) is 4.29. The number of carbonyl (C=O) groups is 1. The number of nitrogens with one attached hydrogen (secondary N) is 2. The maximum absolute atomic E-state index is 13.3. The summed E-state index contributed by atoms with van der Waals surface area (Å²) in [5.74, 6) is -1.34. The number of nitrogens with zero attached hydrogens (tertiary/aromatic N) is 1. The summed E-state index contributed by atoms with van der Waals surface area (Å²) in [5, 5.41) is 6.44. The fourth-order valence-electron chi connectivity index (χ4n) is 3.53. The van der Waals surface area contributed by atoms with Gasteiger partial charge in [0.25, 0.3) is 0 Å². The third-order valence-electron chi connectivity index (χ3n) is 4.99. The van der Waals surface area contributed by atoms with E-state index < -0.39 is 11.6 Å². The Hall–Kier alpha value is -1.53. The summed E-state index contributed by atoms with van der Waals surface area (Å²) in [6.45, 7) is 4.11. The highest BCUT2D eigenvalue weighted by molar-refractivity contribution is 5.79. The molecule has 0 bridgehead atoms. The van der Waals surface area contributed by atoms with Gasteiger partial charge in [0.2, 0.25) is 5.91 Å². The molecule has 3 rings (SSSR count). The number of hydrogen-bond donors (Lipinski definition) is 2. The summed E-state index contributed by atoms with van der Waals surface area (Å²) < 4.78 is 26.2. The first-order chi connectivity index (χ1) is 11.6. The minimum Gasteiger partial charge on any atom is -0.353 e. The Bertz CT molecular complexity index is 567. The summed E-state index contributed by atoms with van der Waals surface area (Å²) in [6.07, 6.45) is 3.82. The number of benzene rings is 1. The van der Waals surface area contributed by atoms with Gasteiger partial charge in [0.15, 0.2) is 11.6 Å². The van der Waals surface area contributed by atoms with Crippen molar-refractivity contribution in [3.63, 3.8) is 0 Å². The lowest BCUT2D eigenvalue weighted by atomic mass is 9.97. The van der Waals surface area contributed by atoms with Crippen molar-refractivity contribution < 1.29 is 13.6 Å². The Labute approximate surface area is 141 Å². The van der Waals surface area contributed by atoms with Crippen molar-refractivity contribution in [2.24, 2.45) is 5.92 Å². The van der Waals surface area contributed by atoms with E-state index in [1.54, 1.807) is 6.07 Å². The van der Waals surface area contributed by atoms with Crippen LogP contribution in [0.2, 0.25) is 0 Å². The fourth-order valence-corrected chi connectivity index (χ4v) is 3.53. The molecular weight excluding hydrogens is 312 g/mol. The second kappa shape index (κ2) is 8.03. The zero-order chi connectivity index (χ0) is 16.9. The third kappa shape index (κ3) is 4.51. The molecule has 2 aliphatic rings. The summed E-state index contributed by atoms with van der Waals surface area (Å²) >= 11 is 0. The number of hydrogen-bond acceptors (Lipinski definition) is 3. The largest absolute Gasteiger partial charge is 0.353 e. The van der Waals surface area contributed by atoms with E-state index in [2.05, 4.69) is 15.5 Å². The van der Waals surface area contributed by atoms with E-state index >= 15 is 0 Å². The molecule has 1 unspecified atom stereocenters. The van der Waals surface area contributed by atoms with Crippen LogP contribution in [0.5, 0.6) is 0 Å². The molecule has 132 valence electrons. The first kappa shape index (κ1) is 17.3. The molecule has 2 N–H and O–H groups in total. The maximum Gasteiger partial charge on any atom is 0.224 e. The Balaban J connectivity index is 1.43. The van der Waals surface area contributed by atoms with E-state index in [1.165, 1.54) is 12.1 Å². The van der Waals surface area contributed by atoms with Gasteiger partial charge in [-0.15, -0.1) is 0 Å². The number of rotatable bonds is 4. The maximum atomic E-state index is 13.3. The monoisotopic (exact) mass is 337 g/mol. The molecule has 2 aliphatic heterocycles. The van der Waals surface area contributed by atoms with Gasteiger partial charge < -0.3 is 10.6 Å². The summed E-state index contributed by atoms with van der Waals surface area (Å²) in [7, 11) is 0. The molecule has 0 aliphatic carbocycles. The Kier molecular flexibility index (Phi) is 5.79. The SMILES string of the molecule is O=C(NC1CCN(Cc2ccc(F)c(F)c2)CC1)C1CCCNC1. The van der Waals surface area contributed by atoms with Crippen molar-refractivity contribution in [1.82, 2.24) is 15.5 Å². The minimum absolute atomic E-state index is 0.0963. The van der Waals surface area contributed by atoms with Crippen LogP contribution in [-0.2, 0) is 11.3 Å². The van der Waals surface area contributed by atoms with Crippen LogP contribution >= 0.6 is 0 Å². The van der Waals surface area contributed by atoms with Crippen LogP contribution in [0.1, 0.15) is 31.2 Å². The second-order valence-corrected chi connectivity index (χ2v) is 6.85. The van der Waals surface area contributed by atoms with Gasteiger partial charge in [-0.3, -0.25) is 9.69 Å². The second-order valence-electron chi connectivity index (χ2n) is 6.85. The van der Waals surface area contributed by atoms with Crippen LogP contribution in [0.15, 0.2) is 18.2 Å². The van der Waals surface area contributed by atoms with E-state index in [0.717, 1.165) is 57.4 Å². The Morgan fingerprint density at radius 2 is 2.00 bits per heavy atom. The highest BCUT2D eigenvalue weighted by Gasteiger charge is 2.25. The van der Waals surface area contributed by atoms with E-state index in [9.17, 15) is 13.6 Å². The number of amides is 1. The summed E-state index contributed by atoms with van der Waals surface area (Å²) in [4.78, 5) is 14.5. The predicted molar refractivity (Wildman–Crippen MR) is 88.4 cm³/mol. The normalized spacial score (nSPS) is 23.2. The predicted octanol–water partition coefficient (Wildman–Crippen LogP) is 2.04. The van der Waals surface area contributed by atoms with E-state index in [-0.39, 0.29) is 17.9 Å². The van der Waals surface area contributed by atoms with Gasteiger partial charge in [0.1, 0.15) is 0 Å². The van der Waals surface area contributed by atoms with Crippen molar-refractivity contribution in [3.8, 4) is 0 Å². The van der Waals surface area contributed by atoms with Gasteiger partial charge in [-0.25, -0.2) is 8.78 Å². The average Bonchev–Trinajstić information content (AvgIpc) is 2.61. The molecular formula is C18H25F2N3O. The zero-order valence-corrected chi connectivity index (χ0v) is 13.9. The van der Waals surface area contributed by atoms with E-state index in [0.29, 0.717) is 6.54 Å². The molecule has 24 heavy (non-hydrogen) atoms. The summed E-state index contributed by atoms with van der Waals surface area (Å²) in [5.41, 5.74) is 0.782. The molecule has 2 saturated heterocycles. The molecule has 6 heteroatoms. The molecule has 0 aromatic heterocycles. The van der Waals surface area contributed by atoms with Gasteiger partial charge in [-0.2, -0.15) is 0 Å². The van der Waals surface area contributed by atoms with Gasteiger partial charge in [0, 0.05) is 32.2 Å². The Morgan fingerprint density at radius 3 is 2.67 bits per heavy atom. The molecule has 4 nitrogen and oxygen atoms in total. The van der Waals surface area contributed by atoms with Crippen molar-refractivity contribution in [1.29, 1.82) is 0 Å². The standard InChI is InChI=1S/C18H25F2N3O/c19-16-4-3-13(10-17(16)20)12-23-8-5-15(6-9-23)22-18(24)14-2-1-7-21-11-14/h3-4,10,14-15,21H,1-2,5-9,11-12H2,(H,22,24).